The largest absolute Gasteiger partial charge is 0.482 e. The molecule has 144 valence electrons. The third-order valence-corrected chi connectivity index (χ3v) is 4.52. The Balaban J connectivity index is 1.45. The van der Waals surface area contributed by atoms with Gasteiger partial charge in [0.2, 0.25) is 0 Å². The van der Waals surface area contributed by atoms with E-state index in [9.17, 15) is 9.59 Å². The Labute approximate surface area is 161 Å². The molecule has 1 saturated heterocycles. The molecule has 2 amide bonds. The lowest BCUT2D eigenvalue weighted by Gasteiger charge is -2.26. The molecule has 1 aliphatic heterocycles. The molecule has 0 saturated carbocycles. The van der Waals surface area contributed by atoms with E-state index in [0.717, 1.165) is 0 Å². The number of nitrogens with one attached hydrogen (secondary N) is 1. The van der Waals surface area contributed by atoms with E-state index in [4.69, 9.17) is 9.47 Å². The number of morpholine rings is 1. The number of pyridine rings is 1. The standard InChI is InChI=1S/C20H20N4O4/c25-19(23-9-11-27-12-10-23)14-28-18-7-2-1-5-16(18)22-20(26)15-13-21-24-8-4-3-6-17(15)24/h1-8,13H,9-12,14H2,(H,22,26). The van der Waals surface area contributed by atoms with Crippen LogP contribution in [0.4, 0.5) is 5.69 Å². The summed E-state index contributed by atoms with van der Waals surface area (Å²) in [7, 11) is 0. The van der Waals surface area contributed by atoms with Gasteiger partial charge in [-0.25, -0.2) is 4.52 Å². The van der Waals surface area contributed by atoms with E-state index in [1.165, 1.54) is 6.20 Å². The summed E-state index contributed by atoms with van der Waals surface area (Å²) in [5.74, 6) is 0.0396. The quantitative estimate of drug-likeness (QED) is 0.730. The highest BCUT2D eigenvalue weighted by Gasteiger charge is 2.19. The first kappa shape index (κ1) is 18.0. The van der Waals surface area contributed by atoms with E-state index in [1.807, 2.05) is 18.2 Å². The zero-order chi connectivity index (χ0) is 19.3. The second-order valence-corrected chi connectivity index (χ2v) is 6.32. The number of amides is 2. The van der Waals surface area contributed by atoms with Crippen molar-refractivity contribution in [2.75, 3.05) is 38.2 Å². The van der Waals surface area contributed by atoms with Crippen molar-refractivity contribution in [2.45, 2.75) is 0 Å². The van der Waals surface area contributed by atoms with Crippen molar-refractivity contribution in [2.24, 2.45) is 0 Å². The maximum absolute atomic E-state index is 12.7. The zero-order valence-corrected chi connectivity index (χ0v) is 15.2. The lowest BCUT2D eigenvalue weighted by molar-refractivity contribution is -0.137. The average Bonchev–Trinajstić information content (AvgIpc) is 3.18. The molecule has 0 atom stereocenters. The van der Waals surface area contributed by atoms with Gasteiger partial charge in [-0.3, -0.25) is 9.59 Å². The molecule has 0 radical (unpaired) electrons. The molecule has 0 unspecified atom stereocenters. The van der Waals surface area contributed by atoms with Crippen molar-refractivity contribution in [1.82, 2.24) is 14.5 Å². The molecule has 28 heavy (non-hydrogen) atoms. The van der Waals surface area contributed by atoms with Gasteiger partial charge in [-0.05, 0) is 24.3 Å². The highest BCUT2D eigenvalue weighted by Crippen LogP contribution is 2.25. The number of anilines is 1. The van der Waals surface area contributed by atoms with Gasteiger partial charge in [0.15, 0.2) is 6.61 Å². The van der Waals surface area contributed by atoms with Crippen molar-refractivity contribution in [3.05, 3.63) is 60.4 Å². The van der Waals surface area contributed by atoms with Crippen LogP contribution in [0, 0.1) is 0 Å². The van der Waals surface area contributed by atoms with E-state index in [2.05, 4.69) is 10.4 Å². The van der Waals surface area contributed by atoms with Crippen LogP contribution in [0.1, 0.15) is 10.4 Å². The summed E-state index contributed by atoms with van der Waals surface area (Å²) < 4.78 is 12.6. The van der Waals surface area contributed by atoms with Crippen LogP contribution in [0.15, 0.2) is 54.9 Å². The molecule has 0 spiro atoms. The van der Waals surface area contributed by atoms with Crippen molar-refractivity contribution in [1.29, 1.82) is 0 Å². The van der Waals surface area contributed by atoms with Crippen LogP contribution in [0.5, 0.6) is 5.75 Å². The van der Waals surface area contributed by atoms with Crippen LogP contribution >= 0.6 is 0 Å². The summed E-state index contributed by atoms with van der Waals surface area (Å²) in [6, 6.07) is 12.6. The Morgan fingerprint density at radius 3 is 2.75 bits per heavy atom. The van der Waals surface area contributed by atoms with Crippen molar-refractivity contribution < 1.29 is 19.1 Å². The lowest BCUT2D eigenvalue weighted by atomic mass is 10.2. The number of benzene rings is 1. The first-order valence-corrected chi connectivity index (χ1v) is 9.03. The number of aromatic nitrogens is 2. The van der Waals surface area contributed by atoms with Gasteiger partial charge in [-0.2, -0.15) is 5.10 Å². The lowest BCUT2D eigenvalue weighted by Crippen LogP contribution is -2.43. The fraction of sp³-hybridized carbons (Fsp3) is 0.250. The fourth-order valence-corrected chi connectivity index (χ4v) is 3.04. The molecule has 8 heteroatoms. The molecule has 8 nitrogen and oxygen atoms in total. The van der Waals surface area contributed by atoms with Crippen LogP contribution in [0.2, 0.25) is 0 Å². The molecular weight excluding hydrogens is 360 g/mol. The predicted molar refractivity (Wildman–Crippen MR) is 102 cm³/mol. The highest BCUT2D eigenvalue weighted by molar-refractivity contribution is 6.09. The topological polar surface area (TPSA) is 85.2 Å². The van der Waals surface area contributed by atoms with Gasteiger partial charge in [0.1, 0.15) is 5.75 Å². The van der Waals surface area contributed by atoms with Crippen molar-refractivity contribution >= 4 is 23.0 Å². The molecule has 0 aliphatic carbocycles. The van der Waals surface area contributed by atoms with Crippen LogP contribution in [-0.4, -0.2) is 59.2 Å². The molecule has 1 fully saturated rings. The van der Waals surface area contributed by atoms with Gasteiger partial charge >= 0.3 is 0 Å². The Morgan fingerprint density at radius 2 is 1.89 bits per heavy atom. The maximum Gasteiger partial charge on any atom is 0.260 e. The summed E-state index contributed by atoms with van der Waals surface area (Å²) in [5, 5.41) is 7.03. The number of hydrogen-bond donors (Lipinski definition) is 1. The van der Waals surface area contributed by atoms with Gasteiger partial charge < -0.3 is 19.7 Å². The predicted octanol–water partition coefficient (Wildman–Crippen LogP) is 1.82. The number of hydrogen-bond acceptors (Lipinski definition) is 5. The van der Waals surface area contributed by atoms with E-state index >= 15 is 0 Å². The molecule has 0 bridgehead atoms. The van der Waals surface area contributed by atoms with E-state index in [1.54, 1.807) is 39.9 Å². The number of ether oxygens (including phenoxy) is 2. The summed E-state index contributed by atoms with van der Waals surface area (Å²) in [6.45, 7) is 2.12. The van der Waals surface area contributed by atoms with Crippen LogP contribution < -0.4 is 10.1 Å². The van der Waals surface area contributed by atoms with Gasteiger partial charge in [0, 0.05) is 19.3 Å². The minimum atomic E-state index is -0.295. The van der Waals surface area contributed by atoms with Crippen LogP contribution in [0.3, 0.4) is 0 Å². The number of nitrogens with zero attached hydrogens (tertiary/aromatic N) is 3. The van der Waals surface area contributed by atoms with Crippen molar-refractivity contribution in [3.63, 3.8) is 0 Å². The molecule has 1 aliphatic rings. The van der Waals surface area contributed by atoms with Gasteiger partial charge in [-0.15, -0.1) is 0 Å². The smallest absolute Gasteiger partial charge is 0.260 e. The van der Waals surface area contributed by atoms with E-state index in [0.29, 0.717) is 48.8 Å². The minimum absolute atomic E-state index is 0.0937. The minimum Gasteiger partial charge on any atom is -0.482 e. The molecule has 3 aromatic rings. The second-order valence-electron chi connectivity index (χ2n) is 6.32. The third-order valence-electron chi connectivity index (χ3n) is 4.52. The number of rotatable bonds is 5. The number of fused-ring (bicyclic) bond motifs is 1. The summed E-state index contributed by atoms with van der Waals surface area (Å²) in [5.41, 5.74) is 1.67. The Hall–Kier alpha value is -3.39. The fourth-order valence-electron chi connectivity index (χ4n) is 3.04. The first-order valence-electron chi connectivity index (χ1n) is 9.03. The summed E-state index contributed by atoms with van der Waals surface area (Å²) >= 11 is 0. The monoisotopic (exact) mass is 380 g/mol. The second kappa shape index (κ2) is 8.10. The van der Waals surface area contributed by atoms with Crippen LogP contribution in [-0.2, 0) is 9.53 Å². The summed E-state index contributed by atoms with van der Waals surface area (Å²) in [4.78, 5) is 26.7. The Bertz CT molecular complexity index is 995. The average molecular weight is 380 g/mol. The van der Waals surface area contributed by atoms with Gasteiger partial charge in [0.05, 0.1) is 36.2 Å². The molecule has 4 rings (SSSR count). The Kier molecular flexibility index (Phi) is 5.20. The third kappa shape index (κ3) is 3.81. The molecule has 1 aromatic carbocycles. The normalized spacial score (nSPS) is 14.1. The molecule has 3 heterocycles. The van der Waals surface area contributed by atoms with Gasteiger partial charge in [0.25, 0.3) is 11.8 Å². The maximum atomic E-state index is 12.7. The Morgan fingerprint density at radius 1 is 1.11 bits per heavy atom. The zero-order valence-electron chi connectivity index (χ0n) is 15.2. The number of carbonyl (C=O) groups is 2. The van der Waals surface area contributed by atoms with Crippen LogP contribution in [0.25, 0.3) is 5.52 Å². The molecular formula is C20H20N4O4. The SMILES string of the molecule is O=C(Nc1ccccc1OCC(=O)N1CCOCC1)c1cnn2ccccc12. The summed E-state index contributed by atoms with van der Waals surface area (Å²) in [6.07, 6.45) is 3.30. The van der Waals surface area contributed by atoms with Gasteiger partial charge in [-0.1, -0.05) is 18.2 Å². The highest BCUT2D eigenvalue weighted by atomic mass is 16.5. The van der Waals surface area contributed by atoms with E-state index < -0.39 is 0 Å². The molecule has 2 aromatic heterocycles. The van der Waals surface area contributed by atoms with E-state index in [-0.39, 0.29) is 18.4 Å². The van der Waals surface area contributed by atoms with Crippen molar-refractivity contribution in [3.8, 4) is 5.75 Å². The molecule has 1 N–H and O–H groups in total. The first-order chi connectivity index (χ1) is 13.7. The number of carbonyl (C=O) groups excluding carboxylic acids is 2. The number of para-hydroxylation sites is 2.